The van der Waals surface area contributed by atoms with E-state index in [1.54, 1.807) is 0 Å². The highest BCUT2D eigenvalue weighted by Crippen LogP contribution is 2.11. The Labute approximate surface area is 134 Å². The molecule has 1 N–H and O–H groups in total. The Morgan fingerprint density at radius 1 is 0.955 bits per heavy atom. The molecule has 130 valence electrons. The summed E-state index contributed by atoms with van der Waals surface area (Å²) in [7, 11) is 0. The predicted octanol–water partition coefficient (Wildman–Crippen LogP) is 3.37. The number of hydrogen-bond donors (Lipinski definition) is 1. The predicted molar refractivity (Wildman–Crippen MR) is 85.4 cm³/mol. The van der Waals surface area contributed by atoms with E-state index in [0.29, 0.717) is 6.42 Å². The molecule has 1 unspecified atom stereocenters. The highest BCUT2D eigenvalue weighted by molar-refractivity contribution is 5.69. The number of carbonyl (C=O) groups is 2. The molecule has 0 aromatic heterocycles. The third-order valence-electron chi connectivity index (χ3n) is 3.46. The molecule has 0 aliphatic heterocycles. The molecule has 0 fully saturated rings. The second-order valence-electron chi connectivity index (χ2n) is 5.68. The summed E-state index contributed by atoms with van der Waals surface area (Å²) in [6.07, 6.45) is 10.3. The maximum Gasteiger partial charge on any atom is 0.306 e. The van der Waals surface area contributed by atoms with Crippen molar-refractivity contribution in [2.75, 3.05) is 13.2 Å². The van der Waals surface area contributed by atoms with Crippen molar-refractivity contribution in [1.82, 2.24) is 0 Å². The summed E-state index contributed by atoms with van der Waals surface area (Å²) >= 11 is 0. The summed E-state index contributed by atoms with van der Waals surface area (Å²) in [5.41, 5.74) is 0. The number of carbonyl (C=O) groups excluding carboxylic acids is 2. The van der Waals surface area contributed by atoms with Crippen LogP contribution < -0.4 is 0 Å². The number of hydrogen-bond acceptors (Lipinski definition) is 5. The van der Waals surface area contributed by atoms with E-state index in [2.05, 4.69) is 6.92 Å². The van der Waals surface area contributed by atoms with Gasteiger partial charge >= 0.3 is 11.9 Å². The summed E-state index contributed by atoms with van der Waals surface area (Å²) in [5, 5.41) is 9.05. The van der Waals surface area contributed by atoms with E-state index in [1.807, 2.05) is 0 Å². The molecule has 0 spiro atoms. The van der Waals surface area contributed by atoms with E-state index in [9.17, 15) is 9.59 Å². The zero-order valence-corrected chi connectivity index (χ0v) is 14.1. The molecule has 0 saturated heterocycles. The normalized spacial score (nSPS) is 12.0. The second-order valence-corrected chi connectivity index (χ2v) is 5.68. The quantitative estimate of drug-likeness (QED) is 0.393. The molecular formula is C17H32O5. The van der Waals surface area contributed by atoms with Gasteiger partial charge in [-0.25, -0.2) is 0 Å². The maximum absolute atomic E-state index is 11.6. The van der Waals surface area contributed by atoms with Crippen LogP contribution in [-0.4, -0.2) is 36.4 Å². The van der Waals surface area contributed by atoms with Crippen LogP contribution in [0.1, 0.15) is 78.1 Å². The molecular weight excluding hydrogens is 284 g/mol. The van der Waals surface area contributed by atoms with Crippen LogP contribution in [0.25, 0.3) is 0 Å². The first-order valence-corrected chi connectivity index (χ1v) is 8.53. The lowest BCUT2D eigenvalue weighted by atomic mass is 10.1. The molecule has 0 aliphatic carbocycles. The average Bonchev–Trinajstić information content (AvgIpc) is 2.49. The fourth-order valence-electron chi connectivity index (χ4n) is 2.16. The maximum atomic E-state index is 11.6. The molecule has 1 atom stereocenters. The first-order valence-electron chi connectivity index (χ1n) is 8.53. The van der Waals surface area contributed by atoms with Crippen LogP contribution in [-0.2, 0) is 19.1 Å². The number of esters is 2. The van der Waals surface area contributed by atoms with Crippen LogP contribution >= 0.6 is 0 Å². The van der Waals surface area contributed by atoms with E-state index in [0.717, 1.165) is 19.3 Å². The van der Waals surface area contributed by atoms with Crippen LogP contribution in [0, 0.1) is 0 Å². The smallest absolute Gasteiger partial charge is 0.306 e. The Kier molecular flexibility index (Phi) is 14.1. The minimum absolute atomic E-state index is 0.0880. The highest BCUT2D eigenvalue weighted by Gasteiger charge is 2.14. The van der Waals surface area contributed by atoms with Crippen LogP contribution in [0.5, 0.6) is 0 Å². The Morgan fingerprint density at radius 3 is 2.00 bits per heavy atom. The third kappa shape index (κ3) is 13.9. The van der Waals surface area contributed by atoms with E-state index < -0.39 is 12.1 Å². The Bertz CT molecular complexity index is 291. The topological polar surface area (TPSA) is 72.8 Å². The van der Waals surface area contributed by atoms with Gasteiger partial charge in [0.1, 0.15) is 6.61 Å². The van der Waals surface area contributed by atoms with Crippen molar-refractivity contribution in [1.29, 1.82) is 0 Å². The molecule has 22 heavy (non-hydrogen) atoms. The van der Waals surface area contributed by atoms with Gasteiger partial charge in [-0.2, -0.15) is 0 Å². The van der Waals surface area contributed by atoms with Crippen LogP contribution in [0.15, 0.2) is 0 Å². The molecule has 0 bridgehead atoms. The zero-order chi connectivity index (χ0) is 16.6. The minimum Gasteiger partial charge on any atom is -0.462 e. The molecule has 0 aromatic rings. The van der Waals surface area contributed by atoms with Gasteiger partial charge in [-0.05, 0) is 6.42 Å². The molecule has 0 amide bonds. The van der Waals surface area contributed by atoms with Gasteiger partial charge < -0.3 is 14.6 Å². The van der Waals surface area contributed by atoms with Crippen molar-refractivity contribution in [3.8, 4) is 0 Å². The fraction of sp³-hybridized carbons (Fsp3) is 0.882. The number of ether oxygens (including phenoxy) is 2. The molecule has 0 heterocycles. The van der Waals surface area contributed by atoms with Gasteiger partial charge in [0, 0.05) is 13.3 Å². The van der Waals surface area contributed by atoms with Gasteiger partial charge in [0.2, 0.25) is 0 Å². The lowest BCUT2D eigenvalue weighted by Gasteiger charge is -2.15. The second kappa shape index (κ2) is 14.8. The molecule has 5 nitrogen and oxygen atoms in total. The Hall–Kier alpha value is -1.10. The van der Waals surface area contributed by atoms with Crippen molar-refractivity contribution < 1.29 is 24.2 Å². The van der Waals surface area contributed by atoms with Gasteiger partial charge in [-0.1, -0.05) is 58.3 Å². The minimum atomic E-state index is -0.755. The summed E-state index contributed by atoms with van der Waals surface area (Å²) in [6, 6.07) is 0. The Balaban J connectivity index is 3.49. The first-order chi connectivity index (χ1) is 10.6. The van der Waals surface area contributed by atoms with Gasteiger partial charge in [0.25, 0.3) is 0 Å². The molecule has 0 rings (SSSR count). The Morgan fingerprint density at radius 2 is 1.50 bits per heavy atom. The number of rotatable bonds is 14. The lowest BCUT2D eigenvalue weighted by molar-refractivity contribution is -0.160. The summed E-state index contributed by atoms with van der Waals surface area (Å²) in [5.74, 6) is -0.789. The molecule has 0 aromatic carbocycles. The molecule has 0 aliphatic rings. The van der Waals surface area contributed by atoms with E-state index in [4.69, 9.17) is 14.6 Å². The van der Waals surface area contributed by atoms with Gasteiger partial charge in [0.15, 0.2) is 6.10 Å². The number of aliphatic hydroxyl groups is 1. The van der Waals surface area contributed by atoms with Crippen molar-refractivity contribution >= 4 is 11.9 Å². The molecule has 0 radical (unpaired) electrons. The SMILES string of the molecule is CCCCCCCCCCCC(=O)OC(CO)COC(C)=O. The average molecular weight is 316 g/mol. The lowest BCUT2D eigenvalue weighted by Crippen LogP contribution is -2.28. The van der Waals surface area contributed by atoms with Gasteiger partial charge in [-0.15, -0.1) is 0 Å². The van der Waals surface area contributed by atoms with E-state index in [1.165, 1.54) is 45.4 Å². The van der Waals surface area contributed by atoms with Crippen molar-refractivity contribution in [2.24, 2.45) is 0 Å². The summed E-state index contributed by atoms with van der Waals surface area (Å²) in [4.78, 5) is 22.3. The summed E-state index contributed by atoms with van der Waals surface area (Å²) < 4.78 is 9.77. The van der Waals surface area contributed by atoms with Crippen LogP contribution in [0.4, 0.5) is 0 Å². The van der Waals surface area contributed by atoms with Crippen molar-refractivity contribution in [3.05, 3.63) is 0 Å². The zero-order valence-electron chi connectivity index (χ0n) is 14.1. The third-order valence-corrected chi connectivity index (χ3v) is 3.46. The monoisotopic (exact) mass is 316 g/mol. The number of unbranched alkanes of at least 4 members (excludes halogenated alkanes) is 8. The first kappa shape index (κ1) is 20.9. The molecule has 5 heteroatoms. The van der Waals surface area contributed by atoms with Gasteiger partial charge in [-0.3, -0.25) is 9.59 Å². The van der Waals surface area contributed by atoms with Gasteiger partial charge in [0.05, 0.1) is 6.61 Å². The van der Waals surface area contributed by atoms with Crippen molar-refractivity contribution in [3.63, 3.8) is 0 Å². The van der Waals surface area contributed by atoms with Crippen LogP contribution in [0.3, 0.4) is 0 Å². The highest BCUT2D eigenvalue weighted by atomic mass is 16.6. The standard InChI is InChI=1S/C17H32O5/c1-3-4-5-6-7-8-9-10-11-12-17(20)22-16(13-18)14-21-15(2)19/h16,18H,3-14H2,1-2H3. The summed E-state index contributed by atoms with van der Waals surface area (Å²) in [6.45, 7) is 3.07. The van der Waals surface area contributed by atoms with Crippen LogP contribution in [0.2, 0.25) is 0 Å². The largest absolute Gasteiger partial charge is 0.462 e. The number of aliphatic hydroxyl groups excluding tert-OH is 1. The van der Waals surface area contributed by atoms with E-state index >= 15 is 0 Å². The van der Waals surface area contributed by atoms with E-state index in [-0.39, 0.29) is 19.2 Å². The fourth-order valence-corrected chi connectivity index (χ4v) is 2.16. The molecule has 0 saturated carbocycles. The van der Waals surface area contributed by atoms with Crippen molar-refractivity contribution in [2.45, 2.75) is 84.2 Å².